The van der Waals surface area contributed by atoms with Crippen LogP contribution in [0.2, 0.25) is 0 Å². The third-order valence-electron chi connectivity index (χ3n) is 5.86. The van der Waals surface area contributed by atoms with Gasteiger partial charge in [-0.3, -0.25) is 9.59 Å². The summed E-state index contributed by atoms with van der Waals surface area (Å²) in [5, 5.41) is 4.11. The summed E-state index contributed by atoms with van der Waals surface area (Å²) in [4.78, 5) is 26.1. The zero-order valence-electron chi connectivity index (χ0n) is 14.8. The standard InChI is InChI=1S/C18H27N3O3/c1-4-24-15-12-14(18(15)10-6-5-7-11-18)20(2)17(23)13-8-9-16(22)21(3)19-13/h8-9,14-15H,4-7,10-12H2,1-3H3/t14-,15-/m0/s1. The van der Waals surface area contributed by atoms with Crippen molar-refractivity contribution in [2.24, 2.45) is 12.5 Å². The zero-order chi connectivity index (χ0) is 17.3. The number of nitrogens with zero attached hydrogens (tertiary/aromatic N) is 3. The van der Waals surface area contributed by atoms with Crippen LogP contribution < -0.4 is 5.56 Å². The largest absolute Gasteiger partial charge is 0.378 e. The van der Waals surface area contributed by atoms with Gasteiger partial charge in [0.1, 0.15) is 5.69 Å². The molecule has 1 aromatic rings. The van der Waals surface area contributed by atoms with Crippen molar-refractivity contribution in [2.45, 2.75) is 57.6 Å². The summed E-state index contributed by atoms with van der Waals surface area (Å²) in [5.41, 5.74) is 0.211. The van der Waals surface area contributed by atoms with Gasteiger partial charge in [-0.25, -0.2) is 4.68 Å². The van der Waals surface area contributed by atoms with E-state index in [1.54, 1.807) is 7.05 Å². The molecule has 0 unspecified atom stereocenters. The van der Waals surface area contributed by atoms with Crippen molar-refractivity contribution in [1.29, 1.82) is 0 Å². The fraction of sp³-hybridized carbons (Fsp3) is 0.722. The minimum absolute atomic E-state index is 0.0966. The highest BCUT2D eigenvalue weighted by Crippen LogP contribution is 2.55. The van der Waals surface area contributed by atoms with Gasteiger partial charge in [0, 0.05) is 38.2 Å². The maximum atomic E-state index is 12.8. The van der Waals surface area contributed by atoms with Crippen molar-refractivity contribution < 1.29 is 9.53 Å². The Hall–Kier alpha value is -1.69. The van der Waals surface area contributed by atoms with Gasteiger partial charge in [-0.1, -0.05) is 19.3 Å². The van der Waals surface area contributed by atoms with Gasteiger partial charge in [-0.2, -0.15) is 5.10 Å². The summed E-state index contributed by atoms with van der Waals surface area (Å²) in [5.74, 6) is -0.115. The lowest BCUT2D eigenvalue weighted by molar-refractivity contribution is -0.170. The molecule has 2 fully saturated rings. The molecule has 6 heteroatoms. The third-order valence-corrected chi connectivity index (χ3v) is 5.86. The molecule has 1 aromatic heterocycles. The zero-order valence-corrected chi connectivity index (χ0v) is 14.8. The average molecular weight is 333 g/mol. The highest BCUT2D eigenvalue weighted by atomic mass is 16.5. The van der Waals surface area contributed by atoms with Crippen molar-refractivity contribution >= 4 is 5.91 Å². The molecule has 132 valence electrons. The Labute approximate surface area is 142 Å². The van der Waals surface area contributed by atoms with Gasteiger partial charge in [0.2, 0.25) is 0 Å². The Bertz CT molecular complexity index is 664. The van der Waals surface area contributed by atoms with Gasteiger partial charge in [-0.05, 0) is 32.3 Å². The van der Waals surface area contributed by atoms with Crippen LogP contribution in [0.5, 0.6) is 0 Å². The lowest BCUT2D eigenvalue weighted by Gasteiger charge is -2.60. The molecule has 2 aliphatic rings. The summed E-state index contributed by atoms with van der Waals surface area (Å²) in [6.07, 6.45) is 7.09. The fourth-order valence-corrected chi connectivity index (χ4v) is 4.51. The molecule has 0 N–H and O–H groups in total. The van der Waals surface area contributed by atoms with E-state index in [0.29, 0.717) is 5.69 Å². The lowest BCUT2D eigenvalue weighted by atomic mass is 9.54. The first kappa shape index (κ1) is 17.1. The molecule has 0 saturated heterocycles. The van der Waals surface area contributed by atoms with Gasteiger partial charge < -0.3 is 9.64 Å². The van der Waals surface area contributed by atoms with E-state index in [9.17, 15) is 9.59 Å². The lowest BCUT2D eigenvalue weighted by Crippen LogP contribution is -2.65. The summed E-state index contributed by atoms with van der Waals surface area (Å²) in [7, 11) is 3.43. The monoisotopic (exact) mass is 333 g/mol. The molecule has 2 aliphatic carbocycles. The Morgan fingerprint density at radius 3 is 2.71 bits per heavy atom. The van der Waals surface area contributed by atoms with Crippen molar-refractivity contribution in [3.63, 3.8) is 0 Å². The first-order chi connectivity index (χ1) is 11.5. The number of ether oxygens (including phenoxy) is 1. The van der Waals surface area contributed by atoms with Crippen LogP contribution in [0.25, 0.3) is 0 Å². The van der Waals surface area contributed by atoms with Crippen molar-refractivity contribution in [1.82, 2.24) is 14.7 Å². The van der Waals surface area contributed by atoms with E-state index in [0.717, 1.165) is 25.9 Å². The predicted molar refractivity (Wildman–Crippen MR) is 90.9 cm³/mol. The van der Waals surface area contributed by atoms with Crippen LogP contribution in [-0.2, 0) is 11.8 Å². The van der Waals surface area contributed by atoms with E-state index in [1.807, 2.05) is 18.9 Å². The smallest absolute Gasteiger partial charge is 0.274 e. The SMILES string of the molecule is CCO[C@H]1C[C@H](N(C)C(=O)c2ccc(=O)n(C)n2)C12CCCCC2. The summed E-state index contributed by atoms with van der Waals surface area (Å²) in [6.45, 7) is 2.76. The number of aromatic nitrogens is 2. The number of amides is 1. The highest BCUT2D eigenvalue weighted by molar-refractivity contribution is 5.92. The summed E-state index contributed by atoms with van der Waals surface area (Å²) >= 11 is 0. The van der Waals surface area contributed by atoms with Crippen LogP contribution in [0.4, 0.5) is 0 Å². The molecule has 2 atom stereocenters. The Morgan fingerprint density at radius 2 is 2.08 bits per heavy atom. The number of aryl methyl sites for hydroxylation is 1. The third kappa shape index (κ3) is 2.77. The Kier molecular flexibility index (Phi) is 4.76. The van der Waals surface area contributed by atoms with Crippen LogP contribution in [0.15, 0.2) is 16.9 Å². The molecule has 1 heterocycles. The second-order valence-corrected chi connectivity index (χ2v) is 7.09. The first-order valence-corrected chi connectivity index (χ1v) is 8.92. The quantitative estimate of drug-likeness (QED) is 0.845. The van der Waals surface area contributed by atoms with Gasteiger partial charge >= 0.3 is 0 Å². The molecule has 0 aliphatic heterocycles. The van der Waals surface area contributed by atoms with Crippen LogP contribution in [-0.4, -0.2) is 46.4 Å². The van der Waals surface area contributed by atoms with E-state index in [2.05, 4.69) is 5.10 Å². The molecule has 0 aromatic carbocycles. The average Bonchev–Trinajstić information content (AvgIpc) is 2.60. The van der Waals surface area contributed by atoms with Crippen LogP contribution >= 0.6 is 0 Å². The molecule has 1 spiro atoms. The van der Waals surface area contributed by atoms with Gasteiger partial charge in [-0.15, -0.1) is 0 Å². The highest BCUT2D eigenvalue weighted by Gasteiger charge is 2.57. The fourth-order valence-electron chi connectivity index (χ4n) is 4.51. The van der Waals surface area contributed by atoms with Gasteiger partial charge in [0.05, 0.1) is 6.10 Å². The first-order valence-electron chi connectivity index (χ1n) is 8.92. The molecular weight excluding hydrogens is 306 g/mol. The normalized spacial score (nSPS) is 25.3. The topological polar surface area (TPSA) is 64.4 Å². The maximum Gasteiger partial charge on any atom is 0.274 e. The number of carbonyl (C=O) groups excluding carboxylic acids is 1. The number of hydrogen-bond acceptors (Lipinski definition) is 4. The van der Waals surface area contributed by atoms with Crippen molar-refractivity contribution in [3.05, 3.63) is 28.2 Å². The second kappa shape index (κ2) is 6.67. The Morgan fingerprint density at radius 1 is 1.38 bits per heavy atom. The van der Waals surface area contributed by atoms with Gasteiger partial charge in [0.25, 0.3) is 11.5 Å². The number of carbonyl (C=O) groups is 1. The van der Waals surface area contributed by atoms with E-state index in [-0.39, 0.29) is 29.0 Å². The van der Waals surface area contributed by atoms with Crippen LogP contribution in [0.1, 0.15) is 55.9 Å². The van der Waals surface area contributed by atoms with Crippen LogP contribution in [0, 0.1) is 5.41 Å². The molecule has 0 bridgehead atoms. The number of rotatable bonds is 4. The van der Waals surface area contributed by atoms with E-state index in [1.165, 1.54) is 36.1 Å². The minimum atomic E-state index is -0.210. The number of hydrogen-bond donors (Lipinski definition) is 0. The Balaban J connectivity index is 1.80. The molecule has 2 saturated carbocycles. The van der Waals surface area contributed by atoms with E-state index < -0.39 is 0 Å². The van der Waals surface area contributed by atoms with E-state index in [4.69, 9.17) is 4.74 Å². The molecule has 0 radical (unpaired) electrons. The molecule has 3 rings (SSSR count). The molecule has 24 heavy (non-hydrogen) atoms. The maximum absolute atomic E-state index is 12.8. The predicted octanol–water partition coefficient (Wildman–Crippen LogP) is 1.98. The van der Waals surface area contributed by atoms with E-state index >= 15 is 0 Å². The van der Waals surface area contributed by atoms with Crippen LogP contribution in [0.3, 0.4) is 0 Å². The molecule has 6 nitrogen and oxygen atoms in total. The molecule has 1 amide bonds. The summed E-state index contributed by atoms with van der Waals surface area (Å²) in [6, 6.07) is 3.11. The second-order valence-electron chi connectivity index (χ2n) is 7.09. The summed E-state index contributed by atoms with van der Waals surface area (Å²) < 4.78 is 7.18. The van der Waals surface area contributed by atoms with Crippen molar-refractivity contribution in [3.8, 4) is 0 Å². The van der Waals surface area contributed by atoms with Gasteiger partial charge in [0.15, 0.2) is 0 Å². The minimum Gasteiger partial charge on any atom is -0.378 e. The van der Waals surface area contributed by atoms with Crippen molar-refractivity contribution in [2.75, 3.05) is 13.7 Å². The molecular formula is C18H27N3O3.